The second-order valence-corrected chi connectivity index (χ2v) is 18.8. The maximum atomic E-state index is 12.5. The van der Waals surface area contributed by atoms with Crippen LogP contribution in [0.1, 0.15) is 284 Å². The van der Waals surface area contributed by atoms with Crippen molar-refractivity contribution in [1.29, 1.82) is 0 Å². The molecular weight excluding hydrogens is 748 g/mol. The minimum Gasteiger partial charge on any atom is -0.462 e. The van der Waals surface area contributed by atoms with Gasteiger partial charge < -0.3 is 19.3 Å². The lowest BCUT2D eigenvalue weighted by Gasteiger charge is -2.18. The SMILES string of the molecule is CCCCCCCCCCCCCCCCCCCCCCCC(=O)O[C@H](COC(=O)CCCCCCCCCCCCCCCCCCCCC)COP(=O)(O)O. The molecule has 0 saturated heterocycles. The highest BCUT2D eigenvalue weighted by Crippen LogP contribution is 2.36. The zero-order valence-corrected chi connectivity index (χ0v) is 39.4. The Labute approximate surface area is 359 Å². The summed E-state index contributed by atoms with van der Waals surface area (Å²) in [4.78, 5) is 43.1. The van der Waals surface area contributed by atoms with Crippen LogP contribution in [0.25, 0.3) is 0 Å². The monoisotopic (exact) mass is 845 g/mol. The van der Waals surface area contributed by atoms with Crippen LogP contribution < -0.4 is 0 Å². The second kappa shape index (κ2) is 45.6. The molecule has 2 N–H and O–H groups in total. The maximum Gasteiger partial charge on any atom is 0.469 e. The molecule has 58 heavy (non-hydrogen) atoms. The summed E-state index contributed by atoms with van der Waals surface area (Å²) in [6.45, 7) is 3.75. The number of unbranched alkanes of at least 4 members (excludes halogenated alkanes) is 38. The van der Waals surface area contributed by atoms with E-state index >= 15 is 0 Å². The Morgan fingerprint density at radius 3 is 0.879 bits per heavy atom. The average Bonchev–Trinajstić information content (AvgIpc) is 3.20. The van der Waals surface area contributed by atoms with Gasteiger partial charge in [0.25, 0.3) is 0 Å². The van der Waals surface area contributed by atoms with Crippen molar-refractivity contribution in [3.8, 4) is 0 Å². The maximum absolute atomic E-state index is 12.5. The van der Waals surface area contributed by atoms with Crippen LogP contribution in [0.5, 0.6) is 0 Å². The van der Waals surface area contributed by atoms with E-state index in [4.69, 9.17) is 19.3 Å². The van der Waals surface area contributed by atoms with Gasteiger partial charge in [-0.05, 0) is 12.8 Å². The Balaban J connectivity index is 3.76. The molecule has 0 aliphatic heterocycles. The molecule has 0 saturated carbocycles. The van der Waals surface area contributed by atoms with E-state index in [1.54, 1.807) is 0 Å². The highest BCUT2D eigenvalue weighted by molar-refractivity contribution is 7.46. The molecule has 0 fully saturated rings. The van der Waals surface area contributed by atoms with Crippen LogP contribution >= 0.6 is 7.82 Å². The van der Waals surface area contributed by atoms with Gasteiger partial charge in [0.1, 0.15) is 6.61 Å². The molecule has 0 unspecified atom stereocenters. The van der Waals surface area contributed by atoms with E-state index in [1.807, 2.05) is 0 Å². The molecule has 0 aliphatic rings. The van der Waals surface area contributed by atoms with Crippen LogP contribution in [0.15, 0.2) is 0 Å². The number of esters is 2. The van der Waals surface area contributed by atoms with Crippen molar-refractivity contribution in [3.05, 3.63) is 0 Å². The molecule has 0 rings (SSSR count). The molecule has 0 bridgehead atoms. The van der Waals surface area contributed by atoms with Crippen LogP contribution in [0.2, 0.25) is 0 Å². The van der Waals surface area contributed by atoms with Crippen molar-refractivity contribution < 1.29 is 37.9 Å². The normalized spacial score (nSPS) is 12.3. The standard InChI is InChI=1S/C49H97O8P/c1-3-5-7-9-11-13-15-17-19-21-23-24-26-28-30-32-34-36-38-40-42-44-49(51)57-47(46-56-58(52,53)54)45-55-48(50)43-41-39-37-35-33-31-29-27-25-22-20-18-16-14-12-10-8-6-4-2/h47H,3-46H2,1-2H3,(H2,52,53,54)/t47-/m1/s1. The van der Waals surface area contributed by atoms with Gasteiger partial charge in [-0.25, -0.2) is 4.57 Å². The van der Waals surface area contributed by atoms with Crippen LogP contribution in [0.3, 0.4) is 0 Å². The number of carbonyl (C=O) groups excluding carboxylic acids is 2. The summed E-state index contributed by atoms with van der Waals surface area (Å²) in [6, 6.07) is 0. The third kappa shape index (κ3) is 47.7. The molecule has 1 atom stereocenters. The quantitative estimate of drug-likeness (QED) is 0.0353. The molecule has 8 nitrogen and oxygen atoms in total. The van der Waals surface area contributed by atoms with Crippen molar-refractivity contribution in [2.24, 2.45) is 0 Å². The number of hydrogen-bond acceptors (Lipinski definition) is 6. The van der Waals surface area contributed by atoms with Crippen LogP contribution in [-0.2, 0) is 28.2 Å². The largest absolute Gasteiger partial charge is 0.469 e. The molecule has 0 radical (unpaired) electrons. The van der Waals surface area contributed by atoms with Gasteiger partial charge >= 0.3 is 19.8 Å². The van der Waals surface area contributed by atoms with Gasteiger partial charge in [0.2, 0.25) is 0 Å². The Hall–Kier alpha value is -0.950. The average molecular weight is 845 g/mol. The third-order valence-electron chi connectivity index (χ3n) is 11.6. The topological polar surface area (TPSA) is 119 Å². The molecule has 0 amide bonds. The Morgan fingerprint density at radius 1 is 0.379 bits per heavy atom. The Bertz CT molecular complexity index is 909. The van der Waals surface area contributed by atoms with Crippen molar-refractivity contribution >= 4 is 19.8 Å². The first kappa shape index (κ1) is 57.1. The second-order valence-electron chi connectivity index (χ2n) is 17.5. The number of ether oxygens (including phenoxy) is 2. The van der Waals surface area contributed by atoms with Crippen LogP contribution in [-0.4, -0.2) is 41.0 Å². The van der Waals surface area contributed by atoms with Gasteiger partial charge in [-0.1, -0.05) is 258 Å². The number of phosphoric acid groups is 1. The summed E-state index contributed by atoms with van der Waals surface area (Å²) in [7, 11) is -4.75. The van der Waals surface area contributed by atoms with Crippen LogP contribution in [0, 0.1) is 0 Å². The van der Waals surface area contributed by atoms with Gasteiger partial charge in [0.05, 0.1) is 6.61 Å². The van der Waals surface area contributed by atoms with Gasteiger partial charge in [-0.15, -0.1) is 0 Å². The third-order valence-corrected chi connectivity index (χ3v) is 12.1. The van der Waals surface area contributed by atoms with Gasteiger partial charge in [0.15, 0.2) is 6.10 Å². The summed E-state index contributed by atoms with van der Waals surface area (Å²) in [5.41, 5.74) is 0. The molecule has 0 aromatic heterocycles. The zero-order chi connectivity index (χ0) is 42.5. The lowest BCUT2D eigenvalue weighted by Crippen LogP contribution is -2.29. The highest BCUT2D eigenvalue weighted by Gasteiger charge is 2.23. The highest BCUT2D eigenvalue weighted by atomic mass is 31.2. The molecular formula is C49H97O8P. The molecule has 346 valence electrons. The van der Waals surface area contributed by atoms with Gasteiger partial charge in [-0.2, -0.15) is 0 Å². The lowest BCUT2D eigenvalue weighted by atomic mass is 10.0. The van der Waals surface area contributed by atoms with Gasteiger partial charge in [0, 0.05) is 12.8 Å². The molecule has 0 spiro atoms. The van der Waals surface area contributed by atoms with Crippen LogP contribution in [0.4, 0.5) is 0 Å². The van der Waals surface area contributed by atoms with E-state index in [0.29, 0.717) is 6.42 Å². The van der Waals surface area contributed by atoms with E-state index in [1.165, 1.54) is 218 Å². The van der Waals surface area contributed by atoms with E-state index in [-0.39, 0.29) is 19.4 Å². The number of rotatable bonds is 48. The van der Waals surface area contributed by atoms with E-state index < -0.39 is 32.5 Å². The predicted octanol–water partition coefficient (Wildman–Crippen LogP) is 16.0. The molecule has 0 heterocycles. The van der Waals surface area contributed by atoms with E-state index in [0.717, 1.165) is 32.1 Å². The van der Waals surface area contributed by atoms with E-state index in [9.17, 15) is 14.2 Å². The lowest BCUT2D eigenvalue weighted by molar-refractivity contribution is -0.161. The molecule has 0 aromatic rings. The molecule has 9 heteroatoms. The molecule has 0 aliphatic carbocycles. The van der Waals surface area contributed by atoms with Crippen molar-refractivity contribution in [2.75, 3.05) is 13.2 Å². The number of hydrogen-bond donors (Lipinski definition) is 2. The fraction of sp³-hybridized carbons (Fsp3) is 0.959. The number of phosphoric ester groups is 1. The fourth-order valence-corrected chi connectivity index (χ4v) is 8.21. The Kier molecular flexibility index (Phi) is 44.8. The summed E-state index contributed by atoms with van der Waals surface area (Å²) in [5, 5.41) is 0. The van der Waals surface area contributed by atoms with Crippen molar-refractivity contribution in [1.82, 2.24) is 0 Å². The minimum atomic E-state index is -4.75. The van der Waals surface area contributed by atoms with Crippen molar-refractivity contribution in [3.63, 3.8) is 0 Å². The van der Waals surface area contributed by atoms with E-state index in [2.05, 4.69) is 18.4 Å². The first-order chi connectivity index (χ1) is 28.3. The van der Waals surface area contributed by atoms with Gasteiger partial charge in [-0.3, -0.25) is 14.1 Å². The summed E-state index contributed by atoms with van der Waals surface area (Å²) < 4.78 is 26.5. The summed E-state index contributed by atoms with van der Waals surface area (Å²) >= 11 is 0. The number of carbonyl (C=O) groups is 2. The predicted molar refractivity (Wildman–Crippen MR) is 244 cm³/mol. The first-order valence-corrected chi connectivity index (χ1v) is 26.9. The zero-order valence-electron chi connectivity index (χ0n) is 38.5. The summed E-state index contributed by atoms with van der Waals surface area (Å²) in [6.07, 6.45) is 51.2. The smallest absolute Gasteiger partial charge is 0.462 e. The van der Waals surface area contributed by atoms with Crippen molar-refractivity contribution in [2.45, 2.75) is 290 Å². The molecule has 0 aromatic carbocycles. The Morgan fingerprint density at radius 2 is 0.621 bits per heavy atom. The first-order valence-electron chi connectivity index (χ1n) is 25.3. The fourth-order valence-electron chi connectivity index (χ4n) is 7.85. The minimum absolute atomic E-state index is 0.221. The summed E-state index contributed by atoms with van der Waals surface area (Å²) in [5.74, 6) is -0.861.